The van der Waals surface area contributed by atoms with E-state index in [0.717, 1.165) is 27.5 Å². The fraction of sp³-hybridized carbons (Fsp3) is 0.333. The molecule has 0 atom stereocenters. The van der Waals surface area contributed by atoms with Gasteiger partial charge in [-0.05, 0) is 38.1 Å². The van der Waals surface area contributed by atoms with Gasteiger partial charge < -0.3 is 10.1 Å². The van der Waals surface area contributed by atoms with Crippen molar-refractivity contribution in [3.05, 3.63) is 35.7 Å². The van der Waals surface area contributed by atoms with Crippen LogP contribution in [-0.2, 0) is 14.8 Å². The van der Waals surface area contributed by atoms with E-state index < -0.39 is 10.0 Å². The van der Waals surface area contributed by atoms with Crippen molar-refractivity contribution in [1.29, 1.82) is 0 Å². The highest BCUT2D eigenvalue weighted by Gasteiger charge is 2.23. The van der Waals surface area contributed by atoms with E-state index >= 15 is 0 Å². The Balaban J connectivity index is 1.73. The Morgan fingerprint density at radius 3 is 2.63 bits per heavy atom. The second-order valence-corrected chi connectivity index (χ2v) is 9.70. The van der Waals surface area contributed by atoms with Crippen LogP contribution in [0.4, 0.5) is 5.69 Å². The van der Waals surface area contributed by atoms with Crippen LogP contribution in [0, 0.1) is 13.8 Å². The number of hydrogen-bond acceptors (Lipinski definition) is 8. The first-order valence-electron chi connectivity index (χ1n) is 8.86. The number of fused-ring (bicyclic) bond motifs is 1. The predicted molar refractivity (Wildman–Crippen MR) is 113 cm³/mol. The molecule has 0 fully saturated rings. The van der Waals surface area contributed by atoms with Crippen molar-refractivity contribution in [2.45, 2.75) is 23.9 Å². The molecule has 1 amide bonds. The molecule has 0 spiro atoms. The number of nitrogens with one attached hydrogen (secondary N) is 1. The van der Waals surface area contributed by atoms with Gasteiger partial charge in [0.15, 0.2) is 0 Å². The molecular formula is C18H22N6O4S2. The van der Waals surface area contributed by atoms with Crippen LogP contribution in [0.25, 0.3) is 5.78 Å². The summed E-state index contributed by atoms with van der Waals surface area (Å²) < 4.78 is 32.9. The third kappa shape index (κ3) is 4.55. The van der Waals surface area contributed by atoms with E-state index in [9.17, 15) is 13.2 Å². The number of sulfonamides is 1. The number of aromatic nitrogens is 4. The molecule has 2 heterocycles. The number of amides is 1. The van der Waals surface area contributed by atoms with Crippen LogP contribution in [0.3, 0.4) is 0 Å². The number of benzene rings is 1. The summed E-state index contributed by atoms with van der Waals surface area (Å²) in [6.45, 7) is 3.78. The lowest BCUT2D eigenvalue weighted by molar-refractivity contribution is -0.113. The maximum absolute atomic E-state index is 12.5. The number of methoxy groups -OCH3 is 1. The van der Waals surface area contributed by atoms with Gasteiger partial charge >= 0.3 is 0 Å². The first kappa shape index (κ1) is 22.0. The highest BCUT2D eigenvalue weighted by atomic mass is 32.2. The summed E-state index contributed by atoms with van der Waals surface area (Å²) >= 11 is 1.16. The third-order valence-corrected chi connectivity index (χ3v) is 6.81. The standard InChI is InChI=1S/C18H22N6O4S2/c1-11-8-12(2)24-17(19-11)21-18(22-24)29-10-16(25)20-13-6-7-14(28-5)15(9-13)30(26,27)23(3)4/h6-9H,10H2,1-5H3,(H,20,25). The molecule has 3 aromatic rings. The lowest BCUT2D eigenvalue weighted by Gasteiger charge is -2.15. The van der Waals surface area contributed by atoms with Gasteiger partial charge in [-0.25, -0.2) is 22.2 Å². The average Bonchev–Trinajstić information content (AvgIpc) is 3.09. The molecule has 3 rings (SSSR count). The Morgan fingerprint density at radius 2 is 1.97 bits per heavy atom. The average molecular weight is 451 g/mol. The minimum atomic E-state index is -3.73. The fourth-order valence-electron chi connectivity index (χ4n) is 2.69. The molecule has 0 aliphatic rings. The van der Waals surface area contributed by atoms with E-state index in [1.54, 1.807) is 10.6 Å². The normalized spacial score (nSPS) is 11.8. The maximum Gasteiger partial charge on any atom is 0.253 e. The molecule has 0 radical (unpaired) electrons. The SMILES string of the molecule is COc1ccc(NC(=O)CSc2nc3nc(C)cc(C)n3n2)cc1S(=O)(=O)N(C)C. The Labute approximate surface area is 178 Å². The summed E-state index contributed by atoms with van der Waals surface area (Å²) in [5.41, 5.74) is 2.08. The Hall–Kier alpha value is -2.70. The zero-order valence-corrected chi connectivity index (χ0v) is 18.8. The lowest BCUT2D eigenvalue weighted by atomic mass is 10.3. The third-order valence-electron chi connectivity index (χ3n) is 4.14. The smallest absolute Gasteiger partial charge is 0.253 e. The van der Waals surface area contributed by atoms with Crippen molar-refractivity contribution in [2.75, 3.05) is 32.3 Å². The van der Waals surface area contributed by atoms with E-state index in [1.807, 2.05) is 19.9 Å². The molecule has 1 aromatic carbocycles. The molecule has 0 aliphatic carbocycles. The van der Waals surface area contributed by atoms with E-state index in [-0.39, 0.29) is 22.3 Å². The van der Waals surface area contributed by atoms with Gasteiger partial charge in [-0.15, -0.1) is 5.10 Å². The lowest BCUT2D eigenvalue weighted by Crippen LogP contribution is -2.23. The maximum atomic E-state index is 12.5. The van der Waals surface area contributed by atoms with Crippen LogP contribution in [0.1, 0.15) is 11.4 Å². The van der Waals surface area contributed by atoms with Gasteiger partial charge in [0.05, 0.1) is 12.9 Å². The first-order valence-corrected chi connectivity index (χ1v) is 11.3. The fourth-order valence-corrected chi connectivity index (χ4v) is 4.38. The molecule has 30 heavy (non-hydrogen) atoms. The summed E-state index contributed by atoms with van der Waals surface area (Å²) in [4.78, 5) is 21.0. The number of rotatable bonds is 7. The highest BCUT2D eigenvalue weighted by Crippen LogP contribution is 2.29. The van der Waals surface area contributed by atoms with Crippen LogP contribution in [0.15, 0.2) is 34.3 Å². The Kier molecular flexibility index (Phi) is 6.29. The zero-order chi connectivity index (χ0) is 22.1. The summed E-state index contributed by atoms with van der Waals surface area (Å²) in [5.74, 6) is 0.404. The predicted octanol–water partition coefficient (Wildman–Crippen LogP) is 1.73. The summed E-state index contributed by atoms with van der Waals surface area (Å²) in [6, 6.07) is 6.34. The van der Waals surface area contributed by atoms with E-state index in [4.69, 9.17) is 4.74 Å². The van der Waals surface area contributed by atoms with Crippen molar-refractivity contribution in [1.82, 2.24) is 23.9 Å². The van der Waals surface area contributed by atoms with Crippen molar-refractivity contribution in [3.8, 4) is 5.75 Å². The number of hydrogen-bond donors (Lipinski definition) is 1. The topological polar surface area (TPSA) is 119 Å². The summed E-state index contributed by atoms with van der Waals surface area (Å²) in [5, 5.41) is 7.47. The van der Waals surface area contributed by atoms with Crippen molar-refractivity contribution >= 4 is 39.2 Å². The second-order valence-electron chi connectivity index (χ2n) is 6.64. The number of thioether (sulfide) groups is 1. The number of anilines is 1. The molecule has 160 valence electrons. The minimum Gasteiger partial charge on any atom is -0.495 e. The molecule has 0 saturated heterocycles. The number of aryl methyl sites for hydroxylation is 2. The van der Waals surface area contributed by atoms with Gasteiger partial charge in [0.2, 0.25) is 21.1 Å². The van der Waals surface area contributed by atoms with Gasteiger partial charge in [-0.1, -0.05) is 11.8 Å². The molecule has 0 aliphatic heterocycles. The largest absolute Gasteiger partial charge is 0.495 e. The number of carbonyl (C=O) groups excluding carboxylic acids is 1. The molecule has 0 unspecified atom stereocenters. The van der Waals surface area contributed by atoms with Crippen molar-refractivity contribution < 1.29 is 17.9 Å². The summed E-state index contributed by atoms with van der Waals surface area (Å²) in [6.07, 6.45) is 0. The van der Waals surface area contributed by atoms with Crippen molar-refractivity contribution in [2.24, 2.45) is 0 Å². The zero-order valence-electron chi connectivity index (χ0n) is 17.2. The van der Waals surface area contributed by atoms with Gasteiger partial charge in [0, 0.05) is 31.2 Å². The number of carbonyl (C=O) groups is 1. The van der Waals surface area contributed by atoms with Crippen LogP contribution >= 0.6 is 11.8 Å². The van der Waals surface area contributed by atoms with Crippen LogP contribution < -0.4 is 10.1 Å². The highest BCUT2D eigenvalue weighted by molar-refractivity contribution is 7.99. The van der Waals surface area contributed by atoms with E-state index in [2.05, 4.69) is 20.4 Å². The monoisotopic (exact) mass is 450 g/mol. The molecule has 0 bridgehead atoms. The van der Waals surface area contributed by atoms with Crippen molar-refractivity contribution in [3.63, 3.8) is 0 Å². The minimum absolute atomic E-state index is 0.0283. The van der Waals surface area contributed by atoms with Gasteiger partial charge in [0.25, 0.3) is 5.78 Å². The van der Waals surface area contributed by atoms with Gasteiger partial charge in [0.1, 0.15) is 10.6 Å². The number of nitrogens with zero attached hydrogens (tertiary/aromatic N) is 5. The molecule has 12 heteroatoms. The van der Waals surface area contributed by atoms with E-state index in [1.165, 1.54) is 33.3 Å². The molecule has 1 N–H and O–H groups in total. The quantitative estimate of drug-likeness (QED) is 0.541. The number of ether oxygens (including phenoxy) is 1. The Morgan fingerprint density at radius 1 is 1.23 bits per heavy atom. The van der Waals surface area contributed by atoms with Gasteiger partial charge in [-0.3, -0.25) is 4.79 Å². The van der Waals surface area contributed by atoms with Crippen LogP contribution in [0.5, 0.6) is 5.75 Å². The van der Waals surface area contributed by atoms with Crippen LogP contribution in [0.2, 0.25) is 0 Å². The molecule has 2 aromatic heterocycles. The molecule has 10 nitrogen and oxygen atoms in total. The molecule has 0 saturated carbocycles. The Bertz CT molecular complexity index is 1210. The van der Waals surface area contributed by atoms with Gasteiger partial charge in [-0.2, -0.15) is 4.98 Å². The second kappa shape index (κ2) is 8.58. The van der Waals surface area contributed by atoms with Crippen LogP contribution in [-0.4, -0.2) is 65.2 Å². The summed E-state index contributed by atoms with van der Waals surface area (Å²) in [7, 11) is 0.508. The van der Waals surface area contributed by atoms with E-state index in [0.29, 0.717) is 16.6 Å². The first-order chi connectivity index (χ1) is 14.1. The molecular weight excluding hydrogens is 428 g/mol.